The van der Waals surface area contributed by atoms with Crippen LogP contribution >= 0.6 is 24.8 Å². The van der Waals surface area contributed by atoms with Gasteiger partial charge in [-0.1, -0.05) is 36.4 Å². The molecule has 2 atom stereocenters. The highest BCUT2D eigenvalue weighted by Gasteiger charge is 2.32. The molecule has 1 aromatic heterocycles. The summed E-state index contributed by atoms with van der Waals surface area (Å²) in [5.41, 5.74) is 8.73. The lowest BCUT2D eigenvalue weighted by Gasteiger charge is -2.16. The zero-order valence-electron chi connectivity index (χ0n) is 13.2. The Morgan fingerprint density at radius 3 is 2.48 bits per heavy atom. The van der Waals surface area contributed by atoms with E-state index in [1.165, 1.54) is 11.1 Å². The summed E-state index contributed by atoms with van der Waals surface area (Å²) in [6.45, 7) is 4.08. The lowest BCUT2D eigenvalue weighted by Crippen LogP contribution is -2.25. The van der Waals surface area contributed by atoms with Gasteiger partial charge >= 0.3 is 0 Å². The molecule has 1 aliphatic rings. The van der Waals surface area contributed by atoms with Crippen molar-refractivity contribution in [3.05, 3.63) is 66.0 Å². The van der Waals surface area contributed by atoms with Crippen LogP contribution in [0.2, 0.25) is 0 Å². The molecule has 0 saturated carbocycles. The molecule has 1 aliphatic heterocycles. The van der Waals surface area contributed by atoms with Crippen LogP contribution in [0.4, 0.5) is 0 Å². The first-order valence-electron chi connectivity index (χ1n) is 7.73. The van der Waals surface area contributed by atoms with E-state index in [2.05, 4.69) is 46.3 Å². The molecule has 23 heavy (non-hydrogen) atoms. The zero-order chi connectivity index (χ0) is 14.5. The monoisotopic (exact) mass is 353 g/mol. The standard InChI is InChI=1S/C18H23N3.2ClH/c19-11-17-13-21(10-8-15-5-4-9-20-12-15)14-18(17)16-6-2-1-3-7-16;;/h1-7,9,12,17-18H,8,10-11,13-14,19H2;2*1H/t17-,18+;;/m1../s1. The smallest absolute Gasteiger partial charge is 0.0300 e. The van der Waals surface area contributed by atoms with Crippen molar-refractivity contribution in [1.29, 1.82) is 0 Å². The lowest BCUT2D eigenvalue weighted by molar-refractivity contribution is 0.328. The summed E-state index contributed by atoms with van der Waals surface area (Å²) in [5, 5.41) is 0. The first kappa shape index (κ1) is 19.9. The molecule has 126 valence electrons. The second kappa shape index (κ2) is 9.89. The van der Waals surface area contributed by atoms with Crippen molar-refractivity contribution < 1.29 is 0 Å². The lowest BCUT2D eigenvalue weighted by atomic mass is 9.89. The first-order valence-corrected chi connectivity index (χ1v) is 7.73. The minimum Gasteiger partial charge on any atom is -0.330 e. The van der Waals surface area contributed by atoms with Crippen LogP contribution in [-0.4, -0.2) is 36.1 Å². The first-order chi connectivity index (χ1) is 10.4. The number of hydrogen-bond donors (Lipinski definition) is 1. The number of nitrogens with zero attached hydrogens (tertiary/aromatic N) is 2. The molecule has 1 saturated heterocycles. The Hall–Kier alpha value is -1.13. The van der Waals surface area contributed by atoms with E-state index in [0.717, 1.165) is 32.6 Å². The van der Waals surface area contributed by atoms with Gasteiger partial charge in [0, 0.05) is 37.9 Å². The van der Waals surface area contributed by atoms with Gasteiger partial charge in [0.25, 0.3) is 0 Å². The highest BCUT2D eigenvalue weighted by Crippen LogP contribution is 2.31. The Bertz CT molecular complexity index is 551. The summed E-state index contributed by atoms with van der Waals surface area (Å²) in [4.78, 5) is 6.73. The highest BCUT2D eigenvalue weighted by atomic mass is 35.5. The van der Waals surface area contributed by atoms with Crippen LogP contribution in [0.1, 0.15) is 17.0 Å². The molecule has 5 heteroatoms. The van der Waals surface area contributed by atoms with Gasteiger partial charge in [0.1, 0.15) is 0 Å². The van der Waals surface area contributed by atoms with Crippen LogP contribution < -0.4 is 5.73 Å². The molecule has 3 nitrogen and oxygen atoms in total. The number of nitrogens with two attached hydrogens (primary N) is 1. The van der Waals surface area contributed by atoms with Gasteiger partial charge in [-0.05, 0) is 36.1 Å². The van der Waals surface area contributed by atoms with E-state index in [0.29, 0.717) is 11.8 Å². The molecular weight excluding hydrogens is 329 g/mol. The molecule has 3 rings (SSSR count). The number of halogens is 2. The largest absolute Gasteiger partial charge is 0.330 e. The van der Waals surface area contributed by atoms with Gasteiger partial charge in [-0.2, -0.15) is 0 Å². The van der Waals surface area contributed by atoms with Crippen LogP contribution in [0.25, 0.3) is 0 Å². The molecule has 0 unspecified atom stereocenters. The van der Waals surface area contributed by atoms with Gasteiger partial charge in [0.2, 0.25) is 0 Å². The quantitative estimate of drug-likeness (QED) is 0.897. The summed E-state index contributed by atoms with van der Waals surface area (Å²) in [6, 6.07) is 15.0. The SMILES string of the molecule is Cl.Cl.NC[C@@H]1CN(CCc2cccnc2)C[C@H]1c1ccccc1. The van der Waals surface area contributed by atoms with Gasteiger partial charge in [0.05, 0.1) is 0 Å². The van der Waals surface area contributed by atoms with E-state index < -0.39 is 0 Å². The number of likely N-dealkylation sites (tertiary alicyclic amines) is 1. The van der Waals surface area contributed by atoms with Gasteiger partial charge in [-0.25, -0.2) is 0 Å². The minimum atomic E-state index is 0. The second-order valence-electron chi connectivity index (χ2n) is 5.88. The van der Waals surface area contributed by atoms with E-state index >= 15 is 0 Å². The molecule has 1 fully saturated rings. The molecule has 0 radical (unpaired) electrons. The van der Waals surface area contributed by atoms with Crippen molar-refractivity contribution >= 4 is 24.8 Å². The third kappa shape index (κ3) is 5.18. The summed E-state index contributed by atoms with van der Waals surface area (Å²) in [6.07, 6.45) is 4.85. The predicted molar refractivity (Wildman–Crippen MR) is 101 cm³/mol. The fourth-order valence-electron chi connectivity index (χ4n) is 3.29. The van der Waals surface area contributed by atoms with Crippen molar-refractivity contribution in [1.82, 2.24) is 9.88 Å². The summed E-state index contributed by atoms with van der Waals surface area (Å²) < 4.78 is 0. The van der Waals surface area contributed by atoms with E-state index in [1.807, 2.05) is 18.5 Å². The molecule has 0 aliphatic carbocycles. The van der Waals surface area contributed by atoms with Crippen LogP contribution in [0.5, 0.6) is 0 Å². The Morgan fingerprint density at radius 1 is 1.04 bits per heavy atom. The zero-order valence-corrected chi connectivity index (χ0v) is 14.8. The van der Waals surface area contributed by atoms with E-state index in [-0.39, 0.29) is 24.8 Å². The predicted octanol–water partition coefficient (Wildman–Crippen LogP) is 3.14. The number of benzene rings is 1. The maximum Gasteiger partial charge on any atom is 0.0300 e. The molecule has 2 N–H and O–H groups in total. The molecule has 0 spiro atoms. The van der Waals surface area contributed by atoms with Crippen molar-refractivity contribution in [3.8, 4) is 0 Å². The van der Waals surface area contributed by atoms with Gasteiger partial charge in [-0.3, -0.25) is 4.98 Å². The molecular formula is C18H25Cl2N3. The average Bonchev–Trinajstić information content (AvgIpc) is 2.98. The Morgan fingerprint density at radius 2 is 1.83 bits per heavy atom. The summed E-state index contributed by atoms with van der Waals surface area (Å²) in [5.74, 6) is 1.14. The van der Waals surface area contributed by atoms with E-state index in [9.17, 15) is 0 Å². The van der Waals surface area contributed by atoms with Crippen molar-refractivity contribution in [2.75, 3.05) is 26.2 Å². The van der Waals surface area contributed by atoms with Crippen LogP contribution in [0.15, 0.2) is 54.9 Å². The van der Waals surface area contributed by atoms with Gasteiger partial charge < -0.3 is 10.6 Å². The van der Waals surface area contributed by atoms with Crippen molar-refractivity contribution in [2.24, 2.45) is 11.7 Å². The number of aromatic nitrogens is 1. The topological polar surface area (TPSA) is 42.1 Å². The Labute approximate surface area is 151 Å². The van der Waals surface area contributed by atoms with Gasteiger partial charge in [-0.15, -0.1) is 24.8 Å². The van der Waals surface area contributed by atoms with Crippen LogP contribution in [0, 0.1) is 5.92 Å². The molecule has 1 aromatic carbocycles. The summed E-state index contributed by atoms with van der Waals surface area (Å²) >= 11 is 0. The molecule has 0 amide bonds. The van der Waals surface area contributed by atoms with Crippen LogP contribution in [0.3, 0.4) is 0 Å². The van der Waals surface area contributed by atoms with Gasteiger partial charge in [0.15, 0.2) is 0 Å². The third-order valence-electron chi connectivity index (χ3n) is 4.49. The molecule has 2 heterocycles. The highest BCUT2D eigenvalue weighted by molar-refractivity contribution is 5.85. The number of rotatable bonds is 5. The molecule has 0 bridgehead atoms. The van der Waals surface area contributed by atoms with E-state index in [1.54, 1.807) is 0 Å². The normalized spacial score (nSPS) is 20.6. The van der Waals surface area contributed by atoms with E-state index in [4.69, 9.17) is 5.73 Å². The summed E-state index contributed by atoms with van der Waals surface area (Å²) in [7, 11) is 0. The van der Waals surface area contributed by atoms with Crippen LogP contribution in [-0.2, 0) is 6.42 Å². The van der Waals surface area contributed by atoms with Crippen molar-refractivity contribution in [2.45, 2.75) is 12.3 Å². The third-order valence-corrected chi connectivity index (χ3v) is 4.49. The minimum absolute atomic E-state index is 0. The maximum absolute atomic E-state index is 5.99. The second-order valence-corrected chi connectivity index (χ2v) is 5.88. The average molecular weight is 354 g/mol. The fraction of sp³-hybridized carbons (Fsp3) is 0.389. The Balaban J connectivity index is 0.00000132. The molecule has 2 aromatic rings. The number of pyridine rings is 1. The van der Waals surface area contributed by atoms with Crippen molar-refractivity contribution in [3.63, 3.8) is 0 Å². The fourth-order valence-corrected chi connectivity index (χ4v) is 3.29. The Kier molecular flexibility index (Phi) is 8.56. The number of hydrogen-bond acceptors (Lipinski definition) is 3. The maximum atomic E-state index is 5.99.